The number of carboxylic acids is 1. The first-order valence-corrected chi connectivity index (χ1v) is 5.57. The van der Waals surface area contributed by atoms with Gasteiger partial charge in [0.1, 0.15) is 11.0 Å². The fourth-order valence-electron chi connectivity index (χ4n) is 1.02. The third-order valence-electron chi connectivity index (χ3n) is 1.91. The van der Waals surface area contributed by atoms with E-state index in [9.17, 15) is 4.79 Å². The van der Waals surface area contributed by atoms with E-state index in [1.54, 1.807) is 11.3 Å². The second kappa shape index (κ2) is 5.79. The number of aliphatic carboxylic acids is 1. The number of nitrogens with two attached hydrogens (primary N) is 1. The number of nitrogens with zero attached hydrogens (tertiary/aromatic N) is 1. The maximum Gasteiger partial charge on any atom is 0.321 e. The highest BCUT2D eigenvalue weighted by molar-refractivity contribution is 7.11. The minimum Gasteiger partial charge on any atom is -0.480 e. The number of nitrogens with one attached hydrogen (secondary N) is 1. The summed E-state index contributed by atoms with van der Waals surface area (Å²) in [7, 11) is 0. The van der Waals surface area contributed by atoms with Crippen molar-refractivity contribution in [3.63, 3.8) is 0 Å². The zero-order valence-electron chi connectivity index (χ0n) is 8.56. The van der Waals surface area contributed by atoms with Gasteiger partial charge < -0.3 is 16.2 Å². The number of thiazole rings is 1. The van der Waals surface area contributed by atoms with Crippen LogP contribution in [-0.2, 0) is 17.8 Å². The van der Waals surface area contributed by atoms with Crippen LogP contribution in [0.15, 0.2) is 6.20 Å². The lowest BCUT2D eigenvalue weighted by Crippen LogP contribution is -2.39. The zero-order valence-corrected chi connectivity index (χ0v) is 9.38. The summed E-state index contributed by atoms with van der Waals surface area (Å²) in [5.74, 6) is -0.990. The Bertz CT molecular complexity index is 327. The minimum absolute atomic E-state index is 0.260. The quantitative estimate of drug-likeness (QED) is 0.649. The van der Waals surface area contributed by atoms with Crippen LogP contribution < -0.4 is 11.1 Å². The van der Waals surface area contributed by atoms with E-state index < -0.39 is 12.0 Å². The van der Waals surface area contributed by atoms with Crippen molar-refractivity contribution in [2.24, 2.45) is 5.73 Å². The predicted octanol–water partition coefficient (Wildman–Crippen LogP) is 0.207. The lowest BCUT2D eigenvalue weighted by atomic mass is 10.3. The molecule has 5 nitrogen and oxygen atoms in total. The van der Waals surface area contributed by atoms with Crippen LogP contribution in [0.25, 0.3) is 0 Å². The van der Waals surface area contributed by atoms with Gasteiger partial charge >= 0.3 is 5.97 Å². The molecule has 0 amide bonds. The van der Waals surface area contributed by atoms with Crippen LogP contribution in [0.5, 0.6) is 0 Å². The highest BCUT2D eigenvalue weighted by Crippen LogP contribution is 2.12. The summed E-state index contributed by atoms with van der Waals surface area (Å²) in [6.07, 6.45) is 2.82. The highest BCUT2D eigenvalue weighted by atomic mass is 32.1. The van der Waals surface area contributed by atoms with E-state index in [0.717, 1.165) is 11.4 Å². The Labute approximate surface area is 92.3 Å². The molecular weight excluding hydrogens is 214 g/mol. The summed E-state index contributed by atoms with van der Waals surface area (Å²) < 4.78 is 0. The number of carbonyl (C=O) groups is 1. The normalized spacial score (nSPS) is 12.7. The van der Waals surface area contributed by atoms with E-state index in [-0.39, 0.29) is 6.54 Å². The molecular formula is C9H15N3O2S. The van der Waals surface area contributed by atoms with Gasteiger partial charge in [0.05, 0.1) is 0 Å². The van der Waals surface area contributed by atoms with Crippen LogP contribution in [0.2, 0.25) is 0 Å². The number of rotatable bonds is 6. The van der Waals surface area contributed by atoms with Gasteiger partial charge in [-0.05, 0) is 6.42 Å². The molecule has 0 radical (unpaired) electrons. The average Bonchev–Trinajstić information content (AvgIpc) is 2.65. The standard InChI is InChI=1S/C9H15N3O2S/c1-2-6-3-12-8(15-6)5-11-4-7(10)9(13)14/h3,7,11H,2,4-5,10H2,1H3,(H,13,14). The van der Waals surface area contributed by atoms with Crippen molar-refractivity contribution in [1.29, 1.82) is 0 Å². The summed E-state index contributed by atoms with van der Waals surface area (Å²) >= 11 is 1.63. The number of carboxylic acid groups (broad SMARTS) is 1. The molecule has 0 aliphatic carbocycles. The van der Waals surface area contributed by atoms with Crippen LogP contribution >= 0.6 is 11.3 Å². The third-order valence-corrected chi connectivity index (χ3v) is 3.05. The van der Waals surface area contributed by atoms with E-state index in [1.165, 1.54) is 4.88 Å². The third kappa shape index (κ3) is 3.94. The Kier molecular flexibility index (Phi) is 4.67. The summed E-state index contributed by atoms with van der Waals surface area (Å²) in [6, 6.07) is -0.851. The molecule has 4 N–H and O–H groups in total. The predicted molar refractivity (Wildman–Crippen MR) is 58.8 cm³/mol. The van der Waals surface area contributed by atoms with Crippen LogP contribution in [-0.4, -0.2) is 28.6 Å². The molecule has 1 aromatic rings. The molecule has 0 aliphatic heterocycles. The summed E-state index contributed by atoms with van der Waals surface area (Å²) in [5.41, 5.74) is 5.33. The first kappa shape index (κ1) is 12.1. The molecule has 0 bridgehead atoms. The van der Waals surface area contributed by atoms with Crippen LogP contribution in [0.3, 0.4) is 0 Å². The molecule has 1 rings (SSSR count). The van der Waals surface area contributed by atoms with Crippen LogP contribution in [0.1, 0.15) is 16.8 Å². The second-order valence-corrected chi connectivity index (χ2v) is 4.35. The fraction of sp³-hybridized carbons (Fsp3) is 0.556. The maximum atomic E-state index is 10.4. The molecule has 15 heavy (non-hydrogen) atoms. The van der Waals surface area contributed by atoms with Crippen molar-refractivity contribution in [3.8, 4) is 0 Å². The zero-order chi connectivity index (χ0) is 11.3. The molecule has 1 aromatic heterocycles. The Morgan fingerprint density at radius 2 is 2.53 bits per heavy atom. The Balaban J connectivity index is 2.28. The Hall–Kier alpha value is -0.980. The molecule has 0 aromatic carbocycles. The molecule has 0 aliphatic rings. The van der Waals surface area contributed by atoms with Gasteiger partial charge in [-0.15, -0.1) is 11.3 Å². The van der Waals surface area contributed by atoms with Gasteiger partial charge in [0.15, 0.2) is 0 Å². The van der Waals surface area contributed by atoms with Gasteiger partial charge in [-0.2, -0.15) is 0 Å². The molecule has 6 heteroatoms. The second-order valence-electron chi connectivity index (χ2n) is 3.15. The summed E-state index contributed by atoms with van der Waals surface area (Å²) in [5, 5.41) is 12.5. The minimum atomic E-state index is -0.990. The highest BCUT2D eigenvalue weighted by Gasteiger charge is 2.10. The number of aryl methyl sites for hydroxylation is 1. The van der Waals surface area contributed by atoms with Crippen LogP contribution in [0.4, 0.5) is 0 Å². The van der Waals surface area contributed by atoms with Gasteiger partial charge in [-0.1, -0.05) is 6.92 Å². The molecule has 0 spiro atoms. The molecule has 0 saturated carbocycles. The summed E-state index contributed by atoms with van der Waals surface area (Å²) in [6.45, 7) is 2.91. The average molecular weight is 229 g/mol. The number of aromatic nitrogens is 1. The van der Waals surface area contributed by atoms with E-state index in [0.29, 0.717) is 6.54 Å². The number of hydrogen-bond acceptors (Lipinski definition) is 5. The topological polar surface area (TPSA) is 88.2 Å². The van der Waals surface area contributed by atoms with E-state index in [2.05, 4.69) is 17.2 Å². The fourth-order valence-corrected chi connectivity index (χ4v) is 1.85. The first-order valence-electron chi connectivity index (χ1n) is 4.76. The molecule has 84 valence electrons. The lowest BCUT2D eigenvalue weighted by Gasteiger charge is -2.06. The molecule has 0 saturated heterocycles. The van der Waals surface area contributed by atoms with E-state index >= 15 is 0 Å². The smallest absolute Gasteiger partial charge is 0.321 e. The van der Waals surface area contributed by atoms with Gasteiger partial charge in [-0.3, -0.25) is 4.79 Å². The Morgan fingerprint density at radius 1 is 1.80 bits per heavy atom. The molecule has 0 fully saturated rings. The maximum absolute atomic E-state index is 10.4. The van der Waals surface area contributed by atoms with Crippen molar-refractivity contribution in [1.82, 2.24) is 10.3 Å². The summed E-state index contributed by atoms with van der Waals surface area (Å²) in [4.78, 5) is 15.8. The van der Waals surface area contributed by atoms with Gasteiger partial charge in [0, 0.05) is 24.2 Å². The van der Waals surface area contributed by atoms with E-state index in [1.807, 2.05) is 6.20 Å². The van der Waals surface area contributed by atoms with Crippen molar-refractivity contribution >= 4 is 17.3 Å². The molecule has 1 heterocycles. The van der Waals surface area contributed by atoms with Gasteiger partial charge in [0.25, 0.3) is 0 Å². The van der Waals surface area contributed by atoms with Crippen LogP contribution in [0, 0.1) is 0 Å². The monoisotopic (exact) mass is 229 g/mol. The van der Waals surface area contributed by atoms with Crippen molar-refractivity contribution in [3.05, 3.63) is 16.1 Å². The van der Waals surface area contributed by atoms with Gasteiger partial charge in [-0.25, -0.2) is 4.98 Å². The molecule has 1 atom stereocenters. The van der Waals surface area contributed by atoms with Crippen molar-refractivity contribution < 1.29 is 9.90 Å². The van der Waals surface area contributed by atoms with Crippen molar-refractivity contribution in [2.75, 3.05) is 6.54 Å². The Morgan fingerprint density at radius 3 is 3.07 bits per heavy atom. The van der Waals surface area contributed by atoms with E-state index in [4.69, 9.17) is 10.8 Å². The first-order chi connectivity index (χ1) is 7.13. The van der Waals surface area contributed by atoms with Crippen molar-refractivity contribution in [2.45, 2.75) is 25.9 Å². The lowest BCUT2D eigenvalue weighted by molar-refractivity contribution is -0.138. The largest absolute Gasteiger partial charge is 0.480 e. The SMILES string of the molecule is CCc1cnc(CNCC(N)C(=O)O)s1. The molecule has 1 unspecified atom stereocenters. The number of hydrogen-bond donors (Lipinski definition) is 3. The van der Waals surface area contributed by atoms with Gasteiger partial charge in [0.2, 0.25) is 0 Å².